The lowest BCUT2D eigenvalue weighted by atomic mass is 10.00. The lowest BCUT2D eigenvalue weighted by Gasteiger charge is -2.12. The van der Waals surface area contributed by atoms with E-state index in [-0.39, 0.29) is 12.2 Å². The van der Waals surface area contributed by atoms with Gasteiger partial charge in [0, 0.05) is 18.6 Å². The van der Waals surface area contributed by atoms with Gasteiger partial charge in [0.25, 0.3) is 0 Å². The molecule has 0 amide bonds. The third kappa shape index (κ3) is 3.79. The molecule has 0 radical (unpaired) electrons. The lowest BCUT2D eigenvalue weighted by molar-refractivity contribution is 0.176. The zero-order valence-electron chi connectivity index (χ0n) is 11.1. The Morgan fingerprint density at radius 3 is 2.55 bits per heavy atom. The second kappa shape index (κ2) is 6.84. The van der Waals surface area contributed by atoms with E-state index in [0.717, 1.165) is 11.1 Å². The average molecular weight is 295 g/mol. The number of aliphatic hydroxyl groups excluding tert-OH is 1. The van der Waals surface area contributed by atoms with Crippen LogP contribution in [-0.2, 0) is 17.8 Å². The van der Waals surface area contributed by atoms with Crippen LogP contribution in [0.25, 0.3) is 0 Å². The minimum absolute atomic E-state index is 0.190. The highest BCUT2D eigenvalue weighted by Crippen LogP contribution is 2.23. The van der Waals surface area contributed by atoms with Gasteiger partial charge in [-0.1, -0.05) is 35.9 Å². The Morgan fingerprint density at radius 1 is 1.20 bits per heavy atom. The molecule has 1 unspecified atom stereocenters. The van der Waals surface area contributed by atoms with E-state index in [0.29, 0.717) is 17.2 Å². The predicted molar refractivity (Wildman–Crippen MR) is 77.2 cm³/mol. The first-order valence-corrected chi connectivity index (χ1v) is 6.67. The summed E-state index contributed by atoms with van der Waals surface area (Å²) in [5.41, 5.74) is 2.17. The number of benzene rings is 2. The van der Waals surface area contributed by atoms with E-state index >= 15 is 0 Å². The van der Waals surface area contributed by atoms with Crippen molar-refractivity contribution in [3.05, 3.63) is 70.0 Å². The van der Waals surface area contributed by atoms with E-state index in [9.17, 15) is 9.50 Å². The Morgan fingerprint density at radius 2 is 1.90 bits per heavy atom. The molecule has 0 bridgehead atoms. The minimum atomic E-state index is -0.764. The number of aliphatic hydroxyl groups is 1. The second-order valence-electron chi connectivity index (χ2n) is 4.63. The van der Waals surface area contributed by atoms with Crippen molar-refractivity contribution in [1.29, 1.82) is 0 Å². The number of ether oxygens (including phenoxy) is 1. The van der Waals surface area contributed by atoms with E-state index in [4.69, 9.17) is 16.3 Å². The molecule has 0 heterocycles. The third-order valence-electron chi connectivity index (χ3n) is 3.10. The van der Waals surface area contributed by atoms with Gasteiger partial charge in [-0.05, 0) is 34.9 Å². The maximum absolute atomic E-state index is 13.6. The maximum atomic E-state index is 13.6. The van der Waals surface area contributed by atoms with Crippen LogP contribution in [-0.4, -0.2) is 12.2 Å². The van der Waals surface area contributed by atoms with E-state index in [1.807, 2.05) is 24.3 Å². The largest absolute Gasteiger partial charge is 0.388 e. The molecule has 0 aliphatic heterocycles. The molecule has 2 nitrogen and oxygen atoms in total. The van der Waals surface area contributed by atoms with Crippen LogP contribution in [0.5, 0.6) is 0 Å². The smallest absolute Gasteiger partial charge is 0.126 e. The summed E-state index contributed by atoms with van der Waals surface area (Å²) in [5.74, 6) is -0.357. The average Bonchev–Trinajstić information content (AvgIpc) is 2.44. The van der Waals surface area contributed by atoms with E-state index in [1.54, 1.807) is 13.2 Å². The van der Waals surface area contributed by atoms with Crippen molar-refractivity contribution in [3.63, 3.8) is 0 Å². The molecule has 0 fully saturated rings. The van der Waals surface area contributed by atoms with Gasteiger partial charge in [-0.25, -0.2) is 4.39 Å². The molecule has 2 rings (SSSR count). The summed E-state index contributed by atoms with van der Waals surface area (Å²) in [6.45, 7) is 0.527. The number of hydrogen-bond acceptors (Lipinski definition) is 2. The zero-order valence-corrected chi connectivity index (χ0v) is 11.9. The Hall–Kier alpha value is -1.42. The van der Waals surface area contributed by atoms with Crippen LogP contribution in [0.2, 0.25) is 5.02 Å². The van der Waals surface area contributed by atoms with Gasteiger partial charge in [0.2, 0.25) is 0 Å². The Labute approximate surface area is 122 Å². The molecule has 0 aliphatic rings. The van der Waals surface area contributed by atoms with Crippen molar-refractivity contribution in [2.75, 3.05) is 7.11 Å². The predicted octanol–water partition coefficient (Wildman–Crippen LogP) is 3.90. The van der Waals surface area contributed by atoms with Crippen molar-refractivity contribution < 1.29 is 14.2 Å². The molecule has 0 saturated carbocycles. The van der Waals surface area contributed by atoms with Crippen LogP contribution >= 0.6 is 11.6 Å². The molecule has 4 heteroatoms. The SMILES string of the molecule is COCc1ccc(C(O)Cc2cc(Cl)ccc2F)cc1. The summed E-state index contributed by atoms with van der Waals surface area (Å²) >= 11 is 5.84. The summed E-state index contributed by atoms with van der Waals surface area (Å²) in [7, 11) is 1.63. The molecule has 106 valence electrons. The summed E-state index contributed by atoms with van der Waals surface area (Å²) in [6.07, 6.45) is -0.574. The van der Waals surface area contributed by atoms with Crippen molar-refractivity contribution >= 4 is 11.6 Å². The molecular formula is C16H16ClFO2. The third-order valence-corrected chi connectivity index (χ3v) is 3.33. The van der Waals surface area contributed by atoms with E-state index < -0.39 is 6.10 Å². The fourth-order valence-electron chi connectivity index (χ4n) is 2.03. The number of hydrogen-bond donors (Lipinski definition) is 1. The van der Waals surface area contributed by atoms with Gasteiger partial charge in [-0.2, -0.15) is 0 Å². The first-order valence-electron chi connectivity index (χ1n) is 6.30. The van der Waals surface area contributed by atoms with Gasteiger partial charge in [-0.15, -0.1) is 0 Å². The van der Waals surface area contributed by atoms with E-state index in [2.05, 4.69) is 0 Å². The van der Waals surface area contributed by atoms with Gasteiger partial charge in [0.15, 0.2) is 0 Å². The molecule has 1 atom stereocenters. The molecule has 0 aliphatic carbocycles. The number of methoxy groups -OCH3 is 1. The lowest BCUT2D eigenvalue weighted by Crippen LogP contribution is -2.04. The second-order valence-corrected chi connectivity index (χ2v) is 5.07. The van der Waals surface area contributed by atoms with E-state index in [1.165, 1.54) is 12.1 Å². The molecule has 2 aromatic rings. The van der Waals surface area contributed by atoms with Crippen molar-refractivity contribution in [2.45, 2.75) is 19.1 Å². The molecular weight excluding hydrogens is 279 g/mol. The first-order chi connectivity index (χ1) is 9.60. The van der Waals surface area contributed by atoms with Crippen LogP contribution in [0.1, 0.15) is 22.8 Å². The van der Waals surface area contributed by atoms with Gasteiger partial charge in [-0.3, -0.25) is 0 Å². The molecule has 0 saturated heterocycles. The molecule has 2 aromatic carbocycles. The highest BCUT2D eigenvalue weighted by atomic mass is 35.5. The molecule has 20 heavy (non-hydrogen) atoms. The number of halogens is 2. The van der Waals surface area contributed by atoms with Crippen molar-refractivity contribution in [1.82, 2.24) is 0 Å². The molecule has 0 aromatic heterocycles. The molecule has 0 spiro atoms. The summed E-state index contributed by atoms with van der Waals surface area (Å²) in [6, 6.07) is 11.8. The van der Waals surface area contributed by atoms with Gasteiger partial charge in [0.05, 0.1) is 12.7 Å². The Kier molecular flexibility index (Phi) is 5.12. The van der Waals surface area contributed by atoms with Crippen LogP contribution < -0.4 is 0 Å². The van der Waals surface area contributed by atoms with Crippen molar-refractivity contribution in [3.8, 4) is 0 Å². The van der Waals surface area contributed by atoms with Gasteiger partial charge >= 0.3 is 0 Å². The molecule has 1 N–H and O–H groups in total. The van der Waals surface area contributed by atoms with Crippen LogP contribution in [0.15, 0.2) is 42.5 Å². The highest BCUT2D eigenvalue weighted by molar-refractivity contribution is 6.30. The topological polar surface area (TPSA) is 29.5 Å². The van der Waals surface area contributed by atoms with Gasteiger partial charge in [0.1, 0.15) is 5.82 Å². The highest BCUT2D eigenvalue weighted by Gasteiger charge is 2.12. The summed E-state index contributed by atoms with van der Waals surface area (Å²) in [4.78, 5) is 0. The summed E-state index contributed by atoms with van der Waals surface area (Å²) < 4.78 is 18.6. The van der Waals surface area contributed by atoms with Gasteiger partial charge < -0.3 is 9.84 Å². The number of rotatable bonds is 5. The monoisotopic (exact) mass is 294 g/mol. The Balaban J connectivity index is 2.11. The Bertz CT molecular complexity index is 569. The standard InChI is InChI=1S/C16H16ClFO2/c1-20-10-11-2-4-12(5-3-11)16(19)9-13-8-14(17)6-7-15(13)18/h2-8,16,19H,9-10H2,1H3. The zero-order chi connectivity index (χ0) is 14.5. The van der Waals surface area contributed by atoms with Crippen LogP contribution in [0.4, 0.5) is 4.39 Å². The maximum Gasteiger partial charge on any atom is 0.126 e. The normalized spacial score (nSPS) is 12.4. The fraction of sp³-hybridized carbons (Fsp3) is 0.250. The van der Waals surface area contributed by atoms with Crippen molar-refractivity contribution in [2.24, 2.45) is 0 Å². The first kappa shape index (κ1) is 15.0. The quantitative estimate of drug-likeness (QED) is 0.906. The minimum Gasteiger partial charge on any atom is -0.388 e. The van der Waals surface area contributed by atoms with Crippen LogP contribution in [0.3, 0.4) is 0 Å². The summed E-state index contributed by atoms with van der Waals surface area (Å²) in [5, 5.41) is 10.6. The van der Waals surface area contributed by atoms with Crippen LogP contribution in [0, 0.1) is 5.82 Å². The fourth-order valence-corrected chi connectivity index (χ4v) is 2.22.